The summed E-state index contributed by atoms with van der Waals surface area (Å²) in [5.74, 6) is 0.494. The van der Waals surface area contributed by atoms with E-state index >= 15 is 0 Å². The lowest BCUT2D eigenvalue weighted by Gasteiger charge is -2.22. The lowest BCUT2D eigenvalue weighted by atomic mass is 9.96. The molecule has 1 atom stereocenters. The minimum Gasteiger partial charge on any atom is -0.331 e. The monoisotopic (exact) mass is 290 g/mol. The predicted molar refractivity (Wildman–Crippen MR) is 79.8 cm³/mol. The van der Waals surface area contributed by atoms with E-state index in [1.165, 1.54) is 6.92 Å². The van der Waals surface area contributed by atoms with Gasteiger partial charge in [-0.3, -0.25) is 9.59 Å². The quantitative estimate of drug-likeness (QED) is 0.900. The molecule has 21 heavy (non-hydrogen) atoms. The van der Waals surface area contributed by atoms with Crippen molar-refractivity contribution in [1.82, 2.24) is 14.9 Å². The van der Waals surface area contributed by atoms with E-state index in [1.807, 2.05) is 20.8 Å². The molecule has 2 rings (SSSR count). The molecule has 0 spiro atoms. The highest BCUT2D eigenvalue weighted by molar-refractivity contribution is 5.97. The largest absolute Gasteiger partial charge is 0.331 e. The zero-order chi connectivity index (χ0) is 15.6. The topological polar surface area (TPSA) is 75.2 Å². The number of aromatic nitrogens is 2. The fourth-order valence-electron chi connectivity index (χ4n) is 2.42. The number of amides is 2. The van der Waals surface area contributed by atoms with Gasteiger partial charge in [0.15, 0.2) is 0 Å². The van der Waals surface area contributed by atoms with Gasteiger partial charge in [0.1, 0.15) is 11.9 Å². The summed E-state index contributed by atoms with van der Waals surface area (Å²) in [5, 5.41) is 2.79. The first-order valence-electron chi connectivity index (χ1n) is 7.19. The molecule has 1 saturated heterocycles. The first-order chi connectivity index (χ1) is 9.79. The van der Waals surface area contributed by atoms with Crippen LogP contribution >= 0.6 is 0 Å². The molecular weight excluding hydrogens is 268 g/mol. The fourth-order valence-corrected chi connectivity index (χ4v) is 2.42. The minimum atomic E-state index is -0.384. The van der Waals surface area contributed by atoms with Crippen LogP contribution < -0.4 is 5.32 Å². The van der Waals surface area contributed by atoms with Gasteiger partial charge in [0, 0.05) is 18.9 Å². The lowest BCUT2D eigenvalue weighted by molar-refractivity contribution is -0.134. The Balaban J connectivity index is 2.04. The molecule has 1 aromatic heterocycles. The maximum absolute atomic E-state index is 12.3. The normalized spacial score (nSPS) is 18.7. The number of hydrogen-bond donors (Lipinski definition) is 1. The zero-order valence-corrected chi connectivity index (χ0v) is 13.0. The van der Waals surface area contributed by atoms with Crippen molar-refractivity contribution in [2.24, 2.45) is 0 Å². The third kappa shape index (κ3) is 3.56. The smallest absolute Gasteiger partial charge is 0.247 e. The highest BCUT2D eigenvalue weighted by atomic mass is 16.2. The highest BCUT2D eigenvalue weighted by Gasteiger charge is 2.32. The lowest BCUT2D eigenvalue weighted by Crippen LogP contribution is -2.42. The van der Waals surface area contributed by atoms with Crippen LogP contribution in [-0.2, 0) is 15.0 Å². The molecule has 0 saturated carbocycles. The second-order valence-electron chi connectivity index (χ2n) is 6.41. The van der Waals surface area contributed by atoms with Crippen LogP contribution in [0.25, 0.3) is 0 Å². The van der Waals surface area contributed by atoms with Crippen LogP contribution in [0.2, 0.25) is 0 Å². The number of rotatable bonds is 2. The summed E-state index contributed by atoms with van der Waals surface area (Å²) < 4.78 is 0. The van der Waals surface area contributed by atoms with Crippen LogP contribution in [0.3, 0.4) is 0 Å². The van der Waals surface area contributed by atoms with Gasteiger partial charge < -0.3 is 10.2 Å². The molecule has 2 amide bonds. The zero-order valence-electron chi connectivity index (χ0n) is 13.0. The molecule has 0 bridgehead atoms. The van der Waals surface area contributed by atoms with E-state index in [0.717, 1.165) is 12.2 Å². The molecule has 1 fully saturated rings. The minimum absolute atomic E-state index is 0.0630. The van der Waals surface area contributed by atoms with Crippen molar-refractivity contribution in [2.45, 2.75) is 52.0 Å². The molecule has 1 aliphatic heterocycles. The molecule has 6 heteroatoms. The number of carbonyl (C=O) groups is 2. The summed E-state index contributed by atoms with van der Waals surface area (Å²) in [5.41, 5.74) is 0.433. The van der Waals surface area contributed by atoms with Crippen LogP contribution in [0.4, 0.5) is 5.69 Å². The molecule has 1 N–H and O–H groups in total. The molecule has 1 aliphatic rings. The van der Waals surface area contributed by atoms with Crippen molar-refractivity contribution in [2.75, 3.05) is 11.9 Å². The second kappa shape index (κ2) is 5.79. The van der Waals surface area contributed by atoms with Crippen molar-refractivity contribution in [1.29, 1.82) is 0 Å². The molecule has 1 aromatic rings. The van der Waals surface area contributed by atoms with Crippen LogP contribution in [0.15, 0.2) is 12.4 Å². The van der Waals surface area contributed by atoms with E-state index in [1.54, 1.807) is 17.3 Å². The van der Waals surface area contributed by atoms with E-state index in [9.17, 15) is 9.59 Å². The number of hydrogen-bond acceptors (Lipinski definition) is 4. The number of carbonyl (C=O) groups excluding carboxylic acids is 2. The van der Waals surface area contributed by atoms with Crippen molar-refractivity contribution in [3.63, 3.8) is 0 Å². The molecule has 1 unspecified atom stereocenters. The number of nitrogens with zero attached hydrogens (tertiary/aromatic N) is 3. The van der Waals surface area contributed by atoms with Crippen LogP contribution in [-0.4, -0.2) is 39.3 Å². The van der Waals surface area contributed by atoms with Crippen molar-refractivity contribution >= 4 is 17.5 Å². The van der Waals surface area contributed by atoms with E-state index < -0.39 is 0 Å². The highest BCUT2D eigenvalue weighted by Crippen LogP contribution is 2.20. The molecule has 2 heterocycles. The van der Waals surface area contributed by atoms with Gasteiger partial charge in [-0.25, -0.2) is 9.97 Å². The van der Waals surface area contributed by atoms with Gasteiger partial charge in [0.25, 0.3) is 0 Å². The van der Waals surface area contributed by atoms with Crippen molar-refractivity contribution in [3.05, 3.63) is 18.2 Å². The summed E-state index contributed by atoms with van der Waals surface area (Å²) in [6, 6.07) is -0.384. The van der Waals surface area contributed by atoms with Crippen LogP contribution in [0.5, 0.6) is 0 Å². The fraction of sp³-hybridized carbons (Fsp3) is 0.600. The Morgan fingerprint density at radius 3 is 2.43 bits per heavy atom. The number of anilines is 1. The van der Waals surface area contributed by atoms with E-state index in [4.69, 9.17) is 0 Å². The summed E-state index contributed by atoms with van der Waals surface area (Å²) in [6.07, 6.45) is 4.78. The van der Waals surface area contributed by atoms with E-state index in [-0.39, 0.29) is 23.3 Å². The summed E-state index contributed by atoms with van der Waals surface area (Å²) in [6.45, 7) is 8.23. The third-order valence-corrected chi connectivity index (χ3v) is 3.55. The van der Waals surface area contributed by atoms with E-state index in [2.05, 4.69) is 15.3 Å². The third-order valence-electron chi connectivity index (χ3n) is 3.55. The second-order valence-corrected chi connectivity index (χ2v) is 6.41. The Hall–Kier alpha value is -1.98. The maximum atomic E-state index is 12.3. The molecule has 0 radical (unpaired) electrons. The predicted octanol–water partition coefficient (Wildman–Crippen LogP) is 1.72. The molecule has 114 valence electrons. The van der Waals surface area contributed by atoms with Gasteiger partial charge in [-0.15, -0.1) is 0 Å². The molecule has 0 aromatic carbocycles. The van der Waals surface area contributed by atoms with Gasteiger partial charge in [0.2, 0.25) is 11.8 Å². The van der Waals surface area contributed by atoms with Crippen molar-refractivity contribution in [3.8, 4) is 0 Å². The molecular formula is C15H22N4O2. The van der Waals surface area contributed by atoms with Gasteiger partial charge in [-0.05, 0) is 12.8 Å². The Morgan fingerprint density at radius 1 is 1.29 bits per heavy atom. The van der Waals surface area contributed by atoms with Gasteiger partial charge in [-0.2, -0.15) is 0 Å². The van der Waals surface area contributed by atoms with Gasteiger partial charge >= 0.3 is 0 Å². The van der Waals surface area contributed by atoms with Crippen LogP contribution in [0, 0.1) is 0 Å². The Morgan fingerprint density at radius 2 is 1.90 bits per heavy atom. The van der Waals surface area contributed by atoms with E-state index in [0.29, 0.717) is 18.7 Å². The standard InChI is InChI=1S/C15H22N4O2/c1-10(20)19-7-5-6-12(19)13(21)18-11-8-16-14(17-9-11)15(2,3)4/h8-9,12H,5-7H2,1-4H3,(H,18,21). The average Bonchev–Trinajstić information content (AvgIpc) is 2.87. The van der Waals surface area contributed by atoms with Gasteiger partial charge in [0.05, 0.1) is 18.1 Å². The Labute approximate surface area is 125 Å². The van der Waals surface area contributed by atoms with Gasteiger partial charge in [-0.1, -0.05) is 20.8 Å². The summed E-state index contributed by atoms with van der Waals surface area (Å²) >= 11 is 0. The van der Waals surface area contributed by atoms with Crippen LogP contribution in [0.1, 0.15) is 46.4 Å². The Bertz CT molecular complexity index is 534. The summed E-state index contributed by atoms with van der Waals surface area (Å²) in [7, 11) is 0. The SMILES string of the molecule is CC(=O)N1CCCC1C(=O)Nc1cnc(C(C)(C)C)nc1. The first kappa shape index (κ1) is 15.4. The van der Waals surface area contributed by atoms with Crippen molar-refractivity contribution < 1.29 is 9.59 Å². The number of likely N-dealkylation sites (tertiary alicyclic amines) is 1. The molecule has 0 aliphatic carbocycles. The maximum Gasteiger partial charge on any atom is 0.247 e. The Kier molecular flexibility index (Phi) is 4.25. The summed E-state index contributed by atoms with van der Waals surface area (Å²) in [4.78, 5) is 33.9. The average molecular weight is 290 g/mol. The number of nitrogens with one attached hydrogen (secondary N) is 1. The first-order valence-corrected chi connectivity index (χ1v) is 7.19. The molecule has 6 nitrogen and oxygen atoms in total.